The lowest BCUT2D eigenvalue weighted by molar-refractivity contribution is 0.324. The fourth-order valence-corrected chi connectivity index (χ4v) is 1.70. The van der Waals surface area contributed by atoms with Crippen molar-refractivity contribution in [2.45, 2.75) is 0 Å². The maximum Gasteiger partial charge on any atom is 0.203 e. The zero-order chi connectivity index (χ0) is 13.1. The van der Waals surface area contributed by atoms with Crippen LogP contribution in [0.5, 0.6) is 17.2 Å². The van der Waals surface area contributed by atoms with Crippen molar-refractivity contribution in [3.05, 3.63) is 24.7 Å². The minimum atomic E-state index is 0.448. The van der Waals surface area contributed by atoms with E-state index in [-0.39, 0.29) is 0 Å². The molecule has 0 saturated carbocycles. The molecule has 6 nitrogen and oxygen atoms in total. The van der Waals surface area contributed by atoms with Gasteiger partial charge in [0.2, 0.25) is 5.75 Å². The summed E-state index contributed by atoms with van der Waals surface area (Å²) < 4.78 is 17.6. The molecule has 18 heavy (non-hydrogen) atoms. The highest BCUT2D eigenvalue weighted by atomic mass is 16.5. The van der Waals surface area contributed by atoms with E-state index in [0.29, 0.717) is 23.1 Å². The van der Waals surface area contributed by atoms with Crippen molar-refractivity contribution in [2.24, 2.45) is 0 Å². The SMILES string of the molecule is COc1cc(-n2cnc(N)c2)cc(OC)c1OC. The van der Waals surface area contributed by atoms with Crippen LogP contribution in [0.3, 0.4) is 0 Å². The number of nitrogen functional groups attached to an aromatic ring is 1. The highest BCUT2D eigenvalue weighted by Crippen LogP contribution is 2.39. The lowest BCUT2D eigenvalue weighted by atomic mass is 10.2. The van der Waals surface area contributed by atoms with Crippen LogP contribution in [0, 0.1) is 0 Å². The molecule has 0 spiro atoms. The second-order valence-electron chi connectivity index (χ2n) is 3.59. The molecule has 0 radical (unpaired) electrons. The quantitative estimate of drug-likeness (QED) is 0.888. The fourth-order valence-electron chi connectivity index (χ4n) is 1.70. The van der Waals surface area contributed by atoms with Crippen LogP contribution in [-0.2, 0) is 0 Å². The minimum Gasteiger partial charge on any atom is -0.493 e. The summed E-state index contributed by atoms with van der Waals surface area (Å²) in [5, 5.41) is 0. The highest BCUT2D eigenvalue weighted by Gasteiger charge is 2.14. The molecular formula is C12H15N3O3. The smallest absolute Gasteiger partial charge is 0.203 e. The molecule has 1 aromatic carbocycles. The first kappa shape index (κ1) is 12.1. The summed E-state index contributed by atoms with van der Waals surface area (Å²) in [6.07, 6.45) is 3.33. The first-order chi connectivity index (χ1) is 8.69. The van der Waals surface area contributed by atoms with Gasteiger partial charge in [0.15, 0.2) is 11.5 Å². The normalized spacial score (nSPS) is 10.2. The molecule has 2 aromatic rings. The Morgan fingerprint density at radius 3 is 2.06 bits per heavy atom. The second kappa shape index (κ2) is 4.87. The van der Waals surface area contributed by atoms with Crippen molar-refractivity contribution in [3.63, 3.8) is 0 Å². The van der Waals surface area contributed by atoms with Crippen LogP contribution in [0.2, 0.25) is 0 Å². The van der Waals surface area contributed by atoms with Crippen LogP contribution in [0.25, 0.3) is 5.69 Å². The van der Waals surface area contributed by atoms with E-state index in [2.05, 4.69) is 4.98 Å². The van der Waals surface area contributed by atoms with Crippen molar-refractivity contribution in [1.29, 1.82) is 0 Å². The lowest BCUT2D eigenvalue weighted by Gasteiger charge is -2.14. The number of hydrogen-bond donors (Lipinski definition) is 1. The zero-order valence-electron chi connectivity index (χ0n) is 10.5. The van der Waals surface area contributed by atoms with Crippen molar-refractivity contribution in [3.8, 4) is 22.9 Å². The molecule has 6 heteroatoms. The predicted octanol–water partition coefficient (Wildman–Crippen LogP) is 1.48. The summed E-state index contributed by atoms with van der Waals surface area (Å²) in [6.45, 7) is 0. The number of rotatable bonds is 4. The summed E-state index contributed by atoms with van der Waals surface area (Å²) in [4.78, 5) is 3.97. The van der Waals surface area contributed by atoms with Gasteiger partial charge in [0, 0.05) is 12.1 Å². The third-order valence-electron chi connectivity index (χ3n) is 2.55. The number of aromatic nitrogens is 2. The number of methoxy groups -OCH3 is 3. The third kappa shape index (κ3) is 2.04. The van der Waals surface area contributed by atoms with Gasteiger partial charge in [-0.3, -0.25) is 0 Å². The maximum atomic E-state index is 5.59. The maximum absolute atomic E-state index is 5.59. The molecule has 0 aliphatic carbocycles. The molecule has 0 aliphatic rings. The standard InChI is InChI=1S/C12H15N3O3/c1-16-9-4-8(15-6-11(13)14-7-15)5-10(17-2)12(9)18-3/h4-7H,13H2,1-3H3. The highest BCUT2D eigenvalue weighted by molar-refractivity contribution is 5.58. The molecular weight excluding hydrogens is 234 g/mol. The lowest BCUT2D eigenvalue weighted by Crippen LogP contribution is -1.98. The first-order valence-corrected chi connectivity index (χ1v) is 5.29. The Bertz CT molecular complexity index is 526. The van der Waals surface area contributed by atoms with E-state index in [0.717, 1.165) is 5.69 Å². The van der Waals surface area contributed by atoms with E-state index < -0.39 is 0 Å². The van der Waals surface area contributed by atoms with Gasteiger partial charge in [-0.25, -0.2) is 4.98 Å². The minimum absolute atomic E-state index is 0.448. The third-order valence-corrected chi connectivity index (χ3v) is 2.55. The fraction of sp³-hybridized carbons (Fsp3) is 0.250. The average Bonchev–Trinajstić information content (AvgIpc) is 2.83. The predicted molar refractivity (Wildman–Crippen MR) is 67.6 cm³/mol. The number of benzene rings is 1. The van der Waals surface area contributed by atoms with E-state index in [9.17, 15) is 0 Å². The Morgan fingerprint density at radius 2 is 1.67 bits per heavy atom. The topological polar surface area (TPSA) is 71.5 Å². The number of hydrogen-bond acceptors (Lipinski definition) is 5. The Balaban J connectivity index is 2.56. The van der Waals surface area contributed by atoms with Gasteiger partial charge in [-0.05, 0) is 0 Å². The summed E-state index contributed by atoms with van der Waals surface area (Å²) in [7, 11) is 4.71. The Labute approximate surface area is 105 Å². The second-order valence-corrected chi connectivity index (χ2v) is 3.59. The Morgan fingerprint density at radius 1 is 1.06 bits per heavy atom. The van der Waals surface area contributed by atoms with E-state index in [1.165, 1.54) is 0 Å². The molecule has 1 aromatic heterocycles. The molecule has 0 fully saturated rings. The van der Waals surface area contributed by atoms with Gasteiger partial charge in [-0.15, -0.1) is 0 Å². The van der Waals surface area contributed by atoms with Crippen LogP contribution in [0.15, 0.2) is 24.7 Å². The van der Waals surface area contributed by atoms with Crippen LogP contribution in [0.1, 0.15) is 0 Å². The molecule has 0 atom stereocenters. The van der Waals surface area contributed by atoms with E-state index in [4.69, 9.17) is 19.9 Å². The van der Waals surface area contributed by atoms with Gasteiger partial charge in [-0.1, -0.05) is 0 Å². The average molecular weight is 249 g/mol. The van der Waals surface area contributed by atoms with E-state index in [1.807, 2.05) is 12.1 Å². The molecule has 1 heterocycles. The van der Waals surface area contributed by atoms with Gasteiger partial charge in [-0.2, -0.15) is 0 Å². The number of imidazole rings is 1. The number of anilines is 1. The molecule has 0 bridgehead atoms. The summed E-state index contributed by atoms with van der Waals surface area (Å²) in [5.41, 5.74) is 6.42. The van der Waals surface area contributed by atoms with Gasteiger partial charge >= 0.3 is 0 Å². The number of nitrogens with two attached hydrogens (primary N) is 1. The van der Waals surface area contributed by atoms with Crippen molar-refractivity contribution in [1.82, 2.24) is 9.55 Å². The number of nitrogens with zero attached hydrogens (tertiary/aromatic N) is 2. The van der Waals surface area contributed by atoms with E-state index >= 15 is 0 Å². The molecule has 0 aliphatic heterocycles. The van der Waals surface area contributed by atoms with Crippen molar-refractivity contribution < 1.29 is 14.2 Å². The van der Waals surface area contributed by atoms with Crippen LogP contribution < -0.4 is 19.9 Å². The van der Waals surface area contributed by atoms with Crippen molar-refractivity contribution in [2.75, 3.05) is 27.1 Å². The molecule has 0 amide bonds. The monoisotopic (exact) mass is 249 g/mol. The van der Waals surface area contributed by atoms with Crippen molar-refractivity contribution >= 4 is 5.82 Å². The molecule has 0 unspecified atom stereocenters. The van der Waals surface area contributed by atoms with Gasteiger partial charge in [0.1, 0.15) is 12.1 Å². The van der Waals surface area contributed by atoms with Crippen LogP contribution >= 0.6 is 0 Å². The van der Waals surface area contributed by atoms with Crippen LogP contribution in [0.4, 0.5) is 5.82 Å². The first-order valence-electron chi connectivity index (χ1n) is 5.29. The largest absolute Gasteiger partial charge is 0.493 e. The summed E-state index contributed by atoms with van der Waals surface area (Å²) in [6, 6.07) is 3.64. The zero-order valence-corrected chi connectivity index (χ0v) is 10.5. The van der Waals surface area contributed by atoms with Crippen LogP contribution in [-0.4, -0.2) is 30.9 Å². The summed E-state index contributed by atoms with van der Waals surface area (Å²) in [5.74, 6) is 2.17. The molecule has 96 valence electrons. The van der Waals surface area contributed by atoms with Gasteiger partial charge < -0.3 is 24.5 Å². The molecule has 0 saturated heterocycles. The van der Waals surface area contributed by atoms with Gasteiger partial charge in [0.25, 0.3) is 0 Å². The number of ether oxygens (including phenoxy) is 3. The Hall–Kier alpha value is -2.37. The molecule has 2 N–H and O–H groups in total. The van der Waals surface area contributed by atoms with E-state index in [1.54, 1.807) is 38.4 Å². The summed E-state index contributed by atoms with van der Waals surface area (Å²) >= 11 is 0. The van der Waals surface area contributed by atoms with Gasteiger partial charge in [0.05, 0.1) is 33.2 Å². The Kier molecular flexibility index (Phi) is 3.27. The molecule has 2 rings (SSSR count).